The molecule has 2 nitrogen and oxygen atoms in total. The van der Waals surface area contributed by atoms with Gasteiger partial charge in [-0.2, -0.15) is 0 Å². The molecule has 0 aromatic carbocycles. The van der Waals surface area contributed by atoms with Crippen molar-refractivity contribution in [2.75, 3.05) is 0 Å². The molecular weight excluding hydrogens is 327 g/mol. The van der Waals surface area contributed by atoms with Crippen molar-refractivity contribution in [3.8, 4) is 0 Å². The summed E-state index contributed by atoms with van der Waals surface area (Å²) < 4.78 is 6.97. The lowest BCUT2D eigenvalue weighted by Gasteiger charge is -2.23. The number of allylic oxidation sites excluding steroid dienone is 2. The highest BCUT2D eigenvalue weighted by molar-refractivity contribution is 14.1. The predicted molar refractivity (Wildman–Crippen MR) is 74.9 cm³/mol. The van der Waals surface area contributed by atoms with Gasteiger partial charge in [-0.15, -0.1) is 0 Å². The number of rotatable bonds is 1. The molecular formula is C14H17IO2. The summed E-state index contributed by atoms with van der Waals surface area (Å²) in [6.07, 6.45) is 11.0. The van der Waals surface area contributed by atoms with Gasteiger partial charge >= 0.3 is 0 Å². The smallest absolute Gasteiger partial charge is 0.216 e. The summed E-state index contributed by atoms with van der Waals surface area (Å²) in [4.78, 5) is 12.4. The first-order valence-electron chi connectivity index (χ1n) is 6.56. The van der Waals surface area contributed by atoms with Crippen molar-refractivity contribution in [1.82, 2.24) is 0 Å². The van der Waals surface area contributed by atoms with Gasteiger partial charge < -0.3 is 4.74 Å². The van der Waals surface area contributed by atoms with E-state index in [0.29, 0.717) is 0 Å². The summed E-state index contributed by atoms with van der Waals surface area (Å²) in [6.45, 7) is 0. The molecule has 3 aliphatic rings. The summed E-state index contributed by atoms with van der Waals surface area (Å²) in [6, 6.07) is 0. The molecule has 0 aromatic heterocycles. The van der Waals surface area contributed by atoms with E-state index in [9.17, 15) is 4.79 Å². The van der Waals surface area contributed by atoms with Crippen LogP contribution >= 0.6 is 22.6 Å². The van der Waals surface area contributed by atoms with Crippen LogP contribution in [0.4, 0.5) is 0 Å². The molecule has 0 N–H and O–H groups in total. The Morgan fingerprint density at radius 3 is 2.59 bits per heavy atom. The molecule has 92 valence electrons. The molecule has 0 radical (unpaired) electrons. The molecule has 3 rings (SSSR count). The quantitative estimate of drug-likeness (QED) is 0.671. The highest BCUT2D eigenvalue weighted by Crippen LogP contribution is 2.47. The van der Waals surface area contributed by atoms with Crippen LogP contribution in [0.2, 0.25) is 0 Å². The minimum atomic E-state index is -0.468. The van der Waals surface area contributed by atoms with E-state index < -0.39 is 5.60 Å². The van der Waals surface area contributed by atoms with E-state index in [1.54, 1.807) is 0 Å². The van der Waals surface area contributed by atoms with Crippen LogP contribution in [0.15, 0.2) is 21.0 Å². The molecule has 1 aliphatic heterocycles. The van der Waals surface area contributed by atoms with E-state index in [2.05, 4.69) is 28.7 Å². The third kappa shape index (κ3) is 1.86. The summed E-state index contributed by atoms with van der Waals surface area (Å²) >= 11 is 2.19. The maximum Gasteiger partial charge on any atom is 0.216 e. The van der Waals surface area contributed by atoms with Gasteiger partial charge in [-0.1, -0.05) is 6.08 Å². The Morgan fingerprint density at radius 1 is 1.18 bits per heavy atom. The highest BCUT2D eigenvalue weighted by atomic mass is 127. The molecule has 1 fully saturated rings. The molecule has 0 bridgehead atoms. The first-order valence-corrected chi connectivity index (χ1v) is 7.64. The second kappa shape index (κ2) is 4.41. The topological polar surface area (TPSA) is 26.3 Å². The second-order valence-corrected chi connectivity index (χ2v) is 6.33. The Balaban J connectivity index is 1.90. The Morgan fingerprint density at radius 2 is 1.94 bits per heavy atom. The van der Waals surface area contributed by atoms with Crippen LogP contribution < -0.4 is 0 Å². The fourth-order valence-corrected chi connectivity index (χ4v) is 4.06. The summed E-state index contributed by atoms with van der Waals surface area (Å²) in [5, 5.41) is 0. The summed E-state index contributed by atoms with van der Waals surface area (Å²) in [7, 11) is 0. The lowest BCUT2D eigenvalue weighted by Crippen LogP contribution is -2.33. The largest absolute Gasteiger partial charge is 0.478 e. The van der Waals surface area contributed by atoms with Crippen LogP contribution in [0, 0.1) is 0 Å². The molecule has 3 heteroatoms. The number of ketones is 1. The van der Waals surface area contributed by atoms with Gasteiger partial charge in [0, 0.05) is 0 Å². The lowest BCUT2D eigenvalue weighted by molar-refractivity contribution is -0.129. The number of carbonyl (C=O) groups is 1. The standard InChI is InChI=1S/C14H17IO2/c15-11-12(10-6-2-1-3-7-10)17-14(13(11)16)8-4-5-9-14/h6H,1-5,7-9H2. The van der Waals surface area contributed by atoms with E-state index in [-0.39, 0.29) is 5.78 Å². The van der Waals surface area contributed by atoms with Crippen LogP contribution in [-0.4, -0.2) is 11.4 Å². The second-order valence-electron chi connectivity index (χ2n) is 5.25. The van der Waals surface area contributed by atoms with E-state index in [1.807, 2.05) is 0 Å². The van der Waals surface area contributed by atoms with Crippen molar-refractivity contribution in [3.63, 3.8) is 0 Å². The molecule has 0 unspecified atom stereocenters. The minimum Gasteiger partial charge on any atom is -0.478 e. The fourth-order valence-electron chi connectivity index (χ4n) is 3.12. The summed E-state index contributed by atoms with van der Waals surface area (Å²) in [5.74, 6) is 1.16. The molecule has 1 saturated carbocycles. The number of carbonyl (C=O) groups excluding carboxylic acids is 1. The van der Waals surface area contributed by atoms with E-state index in [4.69, 9.17) is 4.74 Å². The van der Waals surface area contributed by atoms with E-state index in [0.717, 1.165) is 47.9 Å². The number of halogens is 1. The van der Waals surface area contributed by atoms with Gasteiger partial charge in [0.25, 0.3) is 0 Å². The molecule has 1 spiro atoms. The van der Waals surface area contributed by atoms with Crippen molar-refractivity contribution in [3.05, 3.63) is 21.0 Å². The van der Waals surface area contributed by atoms with Gasteiger partial charge in [-0.3, -0.25) is 4.79 Å². The molecule has 0 amide bonds. The molecule has 1 heterocycles. The lowest BCUT2D eigenvalue weighted by atomic mass is 9.97. The zero-order valence-electron chi connectivity index (χ0n) is 9.93. The monoisotopic (exact) mass is 344 g/mol. The minimum absolute atomic E-state index is 0.247. The normalized spacial score (nSPS) is 27.6. The van der Waals surface area contributed by atoms with Crippen LogP contribution in [0.5, 0.6) is 0 Å². The Hall–Kier alpha value is -0.320. The third-order valence-electron chi connectivity index (χ3n) is 4.10. The Bertz CT molecular complexity index is 414. The average molecular weight is 344 g/mol. The van der Waals surface area contributed by atoms with E-state index in [1.165, 1.54) is 18.4 Å². The molecule has 2 aliphatic carbocycles. The third-order valence-corrected chi connectivity index (χ3v) is 5.08. The van der Waals surface area contributed by atoms with Crippen molar-refractivity contribution in [2.24, 2.45) is 0 Å². The zero-order valence-corrected chi connectivity index (χ0v) is 12.1. The van der Waals surface area contributed by atoms with Gasteiger partial charge in [-0.05, 0) is 79.5 Å². The van der Waals surface area contributed by atoms with Crippen LogP contribution in [-0.2, 0) is 9.53 Å². The van der Waals surface area contributed by atoms with Crippen molar-refractivity contribution < 1.29 is 9.53 Å². The molecule has 0 saturated heterocycles. The summed E-state index contributed by atoms with van der Waals surface area (Å²) in [5.41, 5.74) is 0.808. The van der Waals surface area contributed by atoms with Crippen LogP contribution in [0.1, 0.15) is 51.4 Å². The number of Topliss-reactive ketones (excluding diaryl/α,β-unsaturated/α-hetero) is 1. The molecule has 0 aromatic rings. The fraction of sp³-hybridized carbons (Fsp3) is 0.643. The SMILES string of the molecule is O=C1C(I)=C(C2=CCCCC2)OC12CCCC2. The zero-order chi connectivity index (χ0) is 11.9. The highest BCUT2D eigenvalue weighted by Gasteiger charge is 2.50. The van der Waals surface area contributed by atoms with Gasteiger partial charge in [0.05, 0.1) is 0 Å². The predicted octanol–water partition coefficient (Wildman–Crippen LogP) is 4.05. The van der Waals surface area contributed by atoms with Crippen molar-refractivity contribution in [2.45, 2.75) is 57.0 Å². The Kier molecular flexibility index (Phi) is 3.05. The maximum atomic E-state index is 12.4. The average Bonchev–Trinajstić information content (AvgIpc) is 2.93. The maximum absolute atomic E-state index is 12.4. The van der Waals surface area contributed by atoms with Gasteiger partial charge in [-0.25, -0.2) is 0 Å². The first-order chi connectivity index (χ1) is 8.23. The van der Waals surface area contributed by atoms with Gasteiger partial charge in [0.1, 0.15) is 9.34 Å². The number of hydrogen-bond acceptors (Lipinski definition) is 2. The van der Waals surface area contributed by atoms with Gasteiger partial charge in [0.15, 0.2) is 5.60 Å². The van der Waals surface area contributed by atoms with Crippen LogP contribution in [0.25, 0.3) is 0 Å². The molecule has 0 atom stereocenters. The number of hydrogen-bond donors (Lipinski definition) is 0. The van der Waals surface area contributed by atoms with Crippen molar-refractivity contribution in [1.29, 1.82) is 0 Å². The molecule has 17 heavy (non-hydrogen) atoms. The first kappa shape index (κ1) is 11.8. The van der Waals surface area contributed by atoms with E-state index >= 15 is 0 Å². The van der Waals surface area contributed by atoms with Crippen LogP contribution in [0.3, 0.4) is 0 Å². The van der Waals surface area contributed by atoms with Crippen molar-refractivity contribution >= 4 is 28.4 Å². The van der Waals surface area contributed by atoms with Gasteiger partial charge in [0.2, 0.25) is 5.78 Å². The number of ether oxygens (including phenoxy) is 1. The Labute approximate surface area is 116 Å².